The van der Waals surface area contributed by atoms with Gasteiger partial charge in [0.05, 0.1) is 32.3 Å². The van der Waals surface area contributed by atoms with Gasteiger partial charge in [-0.15, -0.1) is 78.8 Å². The molecule has 2 fully saturated rings. The first kappa shape index (κ1) is 18.2. The molecule has 0 N–H and O–H groups in total. The van der Waals surface area contributed by atoms with Crippen molar-refractivity contribution in [1.82, 2.24) is 0 Å². The van der Waals surface area contributed by atoms with Crippen LogP contribution in [0.1, 0.15) is 25.7 Å². The Bertz CT molecular complexity index is 189. The number of halogens is 6. The van der Waals surface area contributed by atoms with E-state index in [2.05, 4.69) is 9.24 Å². The van der Waals surface area contributed by atoms with Crippen LogP contribution < -0.4 is 0 Å². The molecule has 0 aliphatic heterocycles. The van der Waals surface area contributed by atoms with Crippen molar-refractivity contribution in [3.05, 3.63) is 0 Å². The molecule has 18 heavy (non-hydrogen) atoms. The largest absolute Gasteiger partial charge is 0.134 e. The molecule has 0 heterocycles. The summed E-state index contributed by atoms with van der Waals surface area (Å²) in [5.74, 6) is 0. The number of hydrogen-bond donors (Lipinski definition) is 0. The van der Waals surface area contributed by atoms with Gasteiger partial charge >= 0.3 is 0 Å². The normalized spacial score (nSPS) is 45.5. The van der Waals surface area contributed by atoms with Gasteiger partial charge in [-0.3, -0.25) is 0 Å². The van der Waals surface area contributed by atoms with Gasteiger partial charge < -0.3 is 0 Å². The number of hydrogen-bond acceptors (Lipinski definition) is 0. The first-order valence-electron chi connectivity index (χ1n) is 5.96. The van der Waals surface area contributed by atoms with Crippen LogP contribution in [-0.2, 0) is 0 Å². The summed E-state index contributed by atoms with van der Waals surface area (Å²) < 4.78 is 0. The maximum atomic E-state index is 5.88. The van der Waals surface area contributed by atoms with E-state index in [4.69, 9.17) is 69.6 Å². The molecule has 0 aromatic heterocycles. The Labute approximate surface area is 142 Å². The van der Waals surface area contributed by atoms with E-state index in [1.165, 1.54) is 25.7 Å². The lowest BCUT2D eigenvalue weighted by molar-refractivity contribution is 0.544. The summed E-state index contributed by atoms with van der Waals surface area (Å²) in [5, 5.41) is -2.62. The Hall–Kier alpha value is 2.17. The van der Waals surface area contributed by atoms with Crippen molar-refractivity contribution in [2.75, 3.05) is 0 Å². The molecule has 108 valence electrons. The van der Waals surface area contributed by atoms with Crippen LogP contribution in [0, 0.1) is 0 Å². The van der Waals surface area contributed by atoms with Crippen LogP contribution >= 0.6 is 78.8 Å². The number of rotatable bonds is 0. The van der Waals surface area contributed by atoms with Crippen LogP contribution in [0.2, 0.25) is 0 Å². The number of alkyl halides is 6. The van der Waals surface area contributed by atoms with Crippen molar-refractivity contribution >= 4 is 78.8 Å². The van der Waals surface area contributed by atoms with Gasteiger partial charge in [0.25, 0.3) is 0 Å². The van der Waals surface area contributed by atoms with E-state index in [-0.39, 0.29) is 0 Å². The van der Waals surface area contributed by atoms with Gasteiger partial charge in [-0.2, -0.15) is 0 Å². The SMILES string of the molecule is Cl[C@H]1[C@H](Cl)[C@@H](Cl)[C@@H](Cl)[C@H](Cl)[C@H]1Cl.PC1CCCC1. The maximum Gasteiger partial charge on any atom is 0.0693 e. The zero-order chi connectivity index (χ0) is 13.9. The topological polar surface area (TPSA) is 0 Å². The second-order valence-corrected chi connectivity index (χ2v) is 8.68. The highest BCUT2D eigenvalue weighted by Crippen LogP contribution is 2.39. The first-order valence-corrected chi connectivity index (χ1v) is 9.24. The predicted octanol–water partition coefficient (Wildman–Crippen LogP) is 5.45. The minimum absolute atomic E-state index is 0.437. The minimum Gasteiger partial charge on any atom is -0.134 e. The lowest BCUT2D eigenvalue weighted by Crippen LogP contribution is -2.52. The third-order valence-corrected chi connectivity index (χ3v) is 7.92. The molecule has 0 aromatic carbocycles. The highest BCUT2D eigenvalue weighted by Gasteiger charge is 2.46. The Morgan fingerprint density at radius 1 is 0.556 bits per heavy atom. The molecule has 7 heteroatoms. The van der Waals surface area contributed by atoms with Gasteiger partial charge in [-0.1, -0.05) is 12.8 Å². The van der Waals surface area contributed by atoms with Crippen LogP contribution in [0.25, 0.3) is 0 Å². The standard InChI is InChI=1S/C6H6Cl6.C5H11P/c7-1-2(8)4(10)6(12)5(11)3(1)9;6-5-3-1-2-4-5/h1-6H;5H,1-4,6H2/t1-,2-,3-,4+,5+,6+;. The van der Waals surface area contributed by atoms with E-state index in [9.17, 15) is 0 Å². The highest BCUT2D eigenvalue weighted by atomic mass is 35.5. The van der Waals surface area contributed by atoms with Gasteiger partial charge in [0.2, 0.25) is 0 Å². The average molecular weight is 393 g/mol. The van der Waals surface area contributed by atoms with Crippen molar-refractivity contribution in [3.63, 3.8) is 0 Å². The molecule has 0 bridgehead atoms. The zero-order valence-electron chi connectivity index (χ0n) is 9.72. The molecule has 0 aromatic rings. The van der Waals surface area contributed by atoms with Gasteiger partial charge in [0, 0.05) is 0 Å². The van der Waals surface area contributed by atoms with Crippen molar-refractivity contribution in [2.45, 2.75) is 63.6 Å². The van der Waals surface area contributed by atoms with Gasteiger partial charge in [0.15, 0.2) is 0 Å². The Morgan fingerprint density at radius 2 is 0.778 bits per heavy atom. The zero-order valence-corrected chi connectivity index (χ0v) is 15.4. The van der Waals surface area contributed by atoms with Crippen LogP contribution in [0.15, 0.2) is 0 Å². The Balaban J connectivity index is 0.000000225. The molecule has 2 saturated carbocycles. The summed E-state index contributed by atoms with van der Waals surface area (Å²) >= 11 is 35.3. The fraction of sp³-hybridized carbons (Fsp3) is 1.00. The lowest BCUT2D eigenvalue weighted by Gasteiger charge is -2.37. The summed E-state index contributed by atoms with van der Waals surface area (Å²) in [5.41, 5.74) is 0.963. The Morgan fingerprint density at radius 3 is 0.889 bits per heavy atom. The molecule has 0 radical (unpaired) electrons. The first-order chi connectivity index (χ1) is 8.36. The van der Waals surface area contributed by atoms with E-state index >= 15 is 0 Å². The second kappa shape index (κ2) is 8.57. The third-order valence-electron chi connectivity index (χ3n) is 3.23. The van der Waals surface area contributed by atoms with E-state index < -0.39 is 32.3 Å². The fourth-order valence-electron chi connectivity index (χ4n) is 2.01. The summed E-state index contributed by atoms with van der Waals surface area (Å²) in [6.45, 7) is 0. The summed E-state index contributed by atoms with van der Waals surface area (Å²) in [6, 6.07) is 0. The summed E-state index contributed by atoms with van der Waals surface area (Å²) in [6.07, 6.45) is 5.83. The smallest absolute Gasteiger partial charge is 0.0693 e. The monoisotopic (exact) mass is 390 g/mol. The van der Waals surface area contributed by atoms with Gasteiger partial charge in [-0.25, -0.2) is 0 Å². The molecule has 0 amide bonds. The van der Waals surface area contributed by atoms with E-state index in [0.717, 1.165) is 5.66 Å². The molecule has 0 saturated heterocycles. The molecule has 2 aliphatic rings. The lowest BCUT2D eigenvalue weighted by atomic mass is 9.97. The minimum atomic E-state index is -0.437. The molecule has 2 rings (SSSR count). The van der Waals surface area contributed by atoms with Crippen LogP contribution in [0.4, 0.5) is 0 Å². The molecular weight excluding hydrogens is 376 g/mol. The summed E-state index contributed by atoms with van der Waals surface area (Å²) in [7, 11) is 2.87. The van der Waals surface area contributed by atoms with Crippen molar-refractivity contribution in [3.8, 4) is 0 Å². The molecule has 1 atom stereocenters. The quantitative estimate of drug-likeness (QED) is 0.380. The van der Waals surface area contributed by atoms with E-state index in [1.54, 1.807) is 0 Å². The van der Waals surface area contributed by atoms with E-state index in [1.807, 2.05) is 0 Å². The van der Waals surface area contributed by atoms with Crippen LogP contribution in [0.3, 0.4) is 0 Å². The molecule has 1 unspecified atom stereocenters. The molecule has 2 aliphatic carbocycles. The molecular formula is C11H17Cl6P. The maximum absolute atomic E-state index is 5.88. The fourth-order valence-corrected chi connectivity index (χ4v) is 4.81. The molecule has 0 nitrogen and oxygen atoms in total. The Kier molecular flexibility index (Phi) is 8.68. The van der Waals surface area contributed by atoms with E-state index in [0.29, 0.717) is 0 Å². The average Bonchev–Trinajstić information content (AvgIpc) is 2.83. The van der Waals surface area contributed by atoms with Crippen molar-refractivity contribution in [2.24, 2.45) is 0 Å². The van der Waals surface area contributed by atoms with Crippen LogP contribution in [-0.4, -0.2) is 37.9 Å². The summed E-state index contributed by atoms with van der Waals surface area (Å²) in [4.78, 5) is 0. The predicted molar refractivity (Wildman–Crippen MR) is 89.8 cm³/mol. The van der Waals surface area contributed by atoms with Gasteiger partial charge in [0.1, 0.15) is 0 Å². The third kappa shape index (κ3) is 4.87. The van der Waals surface area contributed by atoms with Gasteiger partial charge in [-0.05, 0) is 18.5 Å². The van der Waals surface area contributed by atoms with Crippen molar-refractivity contribution in [1.29, 1.82) is 0 Å². The highest BCUT2D eigenvalue weighted by molar-refractivity contribution is 7.17. The molecule has 0 spiro atoms. The van der Waals surface area contributed by atoms with Crippen LogP contribution in [0.5, 0.6) is 0 Å². The van der Waals surface area contributed by atoms with Crippen molar-refractivity contribution < 1.29 is 0 Å². The second-order valence-electron chi connectivity index (χ2n) is 4.71.